The Balaban J connectivity index is 1.93. The van der Waals surface area contributed by atoms with E-state index < -0.39 is 0 Å². The Labute approximate surface area is 126 Å². The predicted molar refractivity (Wildman–Crippen MR) is 81.2 cm³/mol. The summed E-state index contributed by atoms with van der Waals surface area (Å²) in [6, 6.07) is 5.78. The highest BCUT2D eigenvalue weighted by Crippen LogP contribution is 2.55. The quantitative estimate of drug-likeness (QED) is 0.802. The van der Waals surface area contributed by atoms with E-state index in [0.29, 0.717) is 23.5 Å². The average Bonchev–Trinajstić information content (AvgIpc) is 2.49. The fourth-order valence-electron chi connectivity index (χ4n) is 4.57. The van der Waals surface area contributed by atoms with Gasteiger partial charge in [0.1, 0.15) is 5.75 Å². The summed E-state index contributed by atoms with van der Waals surface area (Å²) in [5.74, 6) is 1.66. The first kappa shape index (κ1) is 14.4. The molecule has 0 bridgehead atoms. The van der Waals surface area contributed by atoms with Gasteiger partial charge < -0.3 is 9.84 Å². The largest absolute Gasteiger partial charge is 0.508 e. The van der Waals surface area contributed by atoms with Crippen molar-refractivity contribution < 1.29 is 14.6 Å². The summed E-state index contributed by atoms with van der Waals surface area (Å²) in [5, 5.41) is 9.66. The lowest BCUT2D eigenvalue weighted by atomic mass is 9.55. The number of ether oxygens (including phenoxy) is 1. The zero-order valence-corrected chi connectivity index (χ0v) is 13.1. The third kappa shape index (κ3) is 2.14. The second-order valence-electron chi connectivity index (χ2n) is 6.93. The van der Waals surface area contributed by atoms with Gasteiger partial charge in [0.2, 0.25) is 0 Å². The molecule has 1 aromatic carbocycles. The van der Waals surface area contributed by atoms with Crippen molar-refractivity contribution in [2.24, 2.45) is 17.3 Å². The Morgan fingerprint density at radius 2 is 2.14 bits per heavy atom. The van der Waals surface area contributed by atoms with Crippen LogP contribution in [0.5, 0.6) is 5.75 Å². The van der Waals surface area contributed by atoms with Crippen LogP contribution in [0.1, 0.15) is 50.2 Å². The minimum absolute atomic E-state index is 0.0649. The summed E-state index contributed by atoms with van der Waals surface area (Å²) in [4.78, 5) is 12.2. The Bertz CT molecular complexity index is 566. The summed E-state index contributed by atoms with van der Waals surface area (Å²) in [6.45, 7) is 4.27. The minimum Gasteiger partial charge on any atom is -0.508 e. The van der Waals surface area contributed by atoms with Gasteiger partial charge in [-0.05, 0) is 73.6 Å². The molecule has 0 heterocycles. The summed E-state index contributed by atoms with van der Waals surface area (Å²) in [6.07, 6.45) is 3.99. The van der Waals surface area contributed by atoms with Crippen molar-refractivity contribution in [3.63, 3.8) is 0 Å². The molecule has 1 N–H and O–H groups in total. The van der Waals surface area contributed by atoms with Crippen molar-refractivity contribution in [3.05, 3.63) is 29.3 Å². The number of phenolic OH excluding ortho intramolecular Hbond substituents is 1. The van der Waals surface area contributed by atoms with Gasteiger partial charge in [-0.3, -0.25) is 4.79 Å². The van der Waals surface area contributed by atoms with Gasteiger partial charge in [0, 0.05) is 0 Å². The van der Waals surface area contributed by atoms with Gasteiger partial charge in [0.15, 0.2) is 0 Å². The van der Waals surface area contributed by atoms with Crippen molar-refractivity contribution in [2.45, 2.75) is 45.4 Å². The topological polar surface area (TPSA) is 46.5 Å². The molecule has 1 fully saturated rings. The molecule has 0 amide bonds. The molecule has 4 atom stereocenters. The van der Waals surface area contributed by atoms with Gasteiger partial charge in [-0.1, -0.05) is 13.0 Å². The number of carbonyl (C=O) groups excluding carboxylic acids is 1. The number of methoxy groups -OCH3 is 1. The number of hydrogen-bond donors (Lipinski definition) is 1. The maximum atomic E-state index is 12.2. The lowest BCUT2D eigenvalue weighted by Crippen LogP contribution is -2.46. The van der Waals surface area contributed by atoms with Crippen LogP contribution < -0.4 is 0 Å². The maximum absolute atomic E-state index is 12.2. The molecule has 114 valence electrons. The van der Waals surface area contributed by atoms with Gasteiger partial charge in [-0.2, -0.15) is 0 Å². The molecule has 21 heavy (non-hydrogen) atoms. The molecule has 3 rings (SSSR count). The van der Waals surface area contributed by atoms with Crippen LogP contribution in [-0.4, -0.2) is 18.2 Å². The average molecular weight is 288 g/mol. The predicted octanol–water partition coefficient (Wildman–Crippen LogP) is 3.65. The van der Waals surface area contributed by atoms with Gasteiger partial charge in [-0.15, -0.1) is 0 Å². The van der Waals surface area contributed by atoms with Gasteiger partial charge in [0.05, 0.1) is 12.5 Å². The Morgan fingerprint density at radius 3 is 2.86 bits per heavy atom. The molecule has 0 saturated heterocycles. The molecule has 1 aromatic rings. The van der Waals surface area contributed by atoms with Crippen molar-refractivity contribution in [3.8, 4) is 5.75 Å². The van der Waals surface area contributed by atoms with Crippen molar-refractivity contribution >= 4 is 5.97 Å². The van der Waals surface area contributed by atoms with E-state index in [1.54, 1.807) is 6.07 Å². The van der Waals surface area contributed by atoms with Gasteiger partial charge >= 0.3 is 5.97 Å². The number of benzene rings is 1. The lowest BCUT2D eigenvalue weighted by molar-refractivity contribution is -0.159. The highest BCUT2D eigenvalue weighted by atomic mass is 16.5. The molecular formula is C18H24O3. The summed E-state index contributed by atoms with van der Waals surface area (Å²) >= 11 is 0. The highest BCUT2D eigenvalue weighted by Gasteiger charge is 2.50. The van der Waals surface area contributed by atoms with E-state index in [1.807, 2.05) is 6.07 Å². The van der Waals surface area contributed by atoms with Crippen molar-refractivity contribution in [2.75, 3.05) is 7.11 Å². The fourth-order valence-corrected chi connectivity index (χ4v) is 4.57. The molecule has 0 spiro atoms. The van der Waals surface area contributed by atoms with Crippen molar-refractivity contribution in [1.29, 1.82) is 0 Å². The van der Waals surface area contributed by atoms with Crippen LogP contribution >= 0.6 is 0 Å². The third-order valence-corrected chi connectivity index (χ3v) is 6.06. The third-order valence-electron chi connectivity index (χ3n) is 6.06. The number of phenols is 1. The second-order valence-corrected chi connectivity index (χ2v) is 6.93. The second kappa shape index (κ2) is 5.04. The molecule has 2 aliphatic rings. The number of carbonyl (C=O) groups is 1. The van der Waals surface area contributed by atoms with Crippen LogP contribution in [0.2, 0.25) is 0 Å². The van der Waals surface area contributed by atoms with Gasteiger partial charge in [-0.25, -0.2) is 0 Å². The zero-order valence-electron chi connectivity index (χ0n) is 13.1. The SMILES string of the molecule is COC(=O)C1(C)CCC2c3ccc(O)cc3CCC2[C@@H]1C. The first-order valence-electron chi connectivity index (χ1n) is 7.87. The molecule has 3 nitrogen and oxygen atoms in total. The molecule has 0 aliphatic heterocycles. The van der Waals surface area contributed by atoms with Crippen LogP contribution in [0, 0.1) is 17.3 Å². The number of esters is 1. The Kier molecular flexibility index (Phi) is 3.46. The molecule has 0 radical (unpaired) electrons. The smallest absolute Gasteiger partial charge is 0.311 e. The molecule has 3 heteroatoms. The molecular weight excluding hydrogens is 264 g/mol. The van der Waals surface area contributed by atoms with E-state index in [9.17, 15) is 9.90 Å². The van der Waals surface area contributed by atoms with Crippen LogP contribution in [-0.2, 0) is 16.0 Å². The highest BCUT2D eigenvalue weighted by molar-refractivity contribution is 5.77. The fraction of sp³-hybridized carbons (Fsp3) is 0.611. The summed E-state index contributed by atoms with van der Waals surface area (Å²) in [7, 11) is 1.49. The monoisotopic (exact) mass is 288 g/mol. The Hall–Kier alpha value is -1.51. The number of fused-ring (bicyclic) bond motifs is 3. The van der Waals surface area contributed by atoms with Crippen LogP contribution in [0.15, 0.2) is 18.2 Å². The summed E-state index contributed by atoms with van der Waals surface area (Å²) in [5.41, 5.74) is 2.30. The van der Waals surface area contributed by atoms with E-state index >= 15 is 0 Å². The van der Waals surface area contributed by atoms with Crippen molar-refractivity contribution in [1.82, 2.24) is 0 Å². The van der Waals surface area contributed by atoms with E-state index in [0.717, 1.165) is 25.7 Å². The first-order valence-corrected chi connectivity index (χ1v) is 7.87. The number of hydrogen-bond acceptors (Lipinski definition) is 3. The van der Waals surface area contributed by atoms with E-state index in [2.05, 4.69) is 19.9 Å². The van der Waals surface area contributed by atoms with E-state index in [-0.39, 0.29) is 11.4 Å². The van der Waals surface area contributed by atoms with E-state index in [1.165, 1.54) is 18.2 Å². The normalized spacial score (nSPS) is 34.7. The zero-order chi connectivity index (χ0) is 15.2. The molecule has 0 aromatic heterocycles. The van der Waals surface area contributed by atoms with E-state index in [4.69, 9.17) is 4.74 Å². The number of aryl methyl sites for hydroxylation is 1. The lowest BCUT2D eigenvalue weighted by Gasteiger charge is -2.49. The van der Waals surface area contributed by atoms with Crippen LogP contribution in [0.4, 0.5) is 0 Å². The van der Waals surface area contributed by atoms with Crippen LogP contribution in [0.3, 0.4) is 0 Å². The Morgan fingerprint density at radius 1 is 1.38 bits per heavy atom. The minimum atomic E-state index is -0.357. The van der Waals surface area contributed by atoms with Crippen LogP contribution in [0.25, 0.3) is 0 Å². The molecule has 2 aliphatic carbocycles. The molecule has 1 saturated carbocycles. The number of aromatic hydroxyl groups is 1. The van der Waals surface area contributed by atoms with Gasteiger partial charge in [0.25, 0.3) is 0 Å². The standard InChI is InChI=1S/C18H24O3/c1-11-14-6-4-12-10-13(19)5-7-15(12)16(14)8-9-18(11,2)17(20)21-3/h5,7,10-11,14,16,19H,4,6,8-9H2,1-3H3/t11-,14?,16?,18?/m0/s1. The number of rotatable bonds is 1. The molecule has 3 unspecified atom stereocenters. The maximum Gasteiger partial charge on any atom is 0.311 e. The first-order chi connectivity index (χ1) is 9.97. The summed E-state index contributed by atoms with van der Waals surface area (Å²) < 4.78 is 5.06.